The molecule has 0 unspecified atom stereocenters. The Morgan fingerprint density at radius 3 is 2.49 bits per heavy atom. The fourth-order valence-electron chi connectivity index (χ4n) is 5.48. The summed E-state index contributed by atoms with van der Waals surface area (Å²) in [4.78, 5) is 21.5. The van der Waals surface area contributed by atoms with Crippen molar-refractivity contribution in [2.24, 2.45) is 0 Å². The number of fused-ring (bicyclic) bond motifs is 1. The van der Waals surface area contributed by atoms with Crippen molar-refractivity contribution in [1.29, 1.82) is 0 Å². The summed E-state index contributed by atoms with van der Waals surface area (Å²) < 4.78 is 11.1. The zero-order chi connectivity index (χ0) is 25.8. The zero-order valence-electron chi connectivity index (χ0n) is 21.9. The number of piperazine rings is 1. The number of aromatic amines is 1. The Hall–Kier alpha value is -3.93. The molecule has 1 fully saturated rings. The number of para-hydroxylation sites is 3. The fraction of sp³-hybridized carbons (Fsp3) is 0.323. The molecule has 2 heterocycles. The first-order chi connectivity index (χ1) is 18.1. The zero-order valence-corrected chi connectivity index (χ0v) is 21.9. The molecule has 0 saturated carbocycles. The van der Waals surface area contributed by atoms with Crippen LogP contribution in [0.4, 0.5) is 5.69 Å². The van der Waals surface area contributed by atoms with Crippen LogP contribution >= 0.6 is 0 Å². The molecule has 1 N–H and O–H groups in total. The quantitative estimate of drug-likeness (QED) is 0.343. The Labute approximate surface area is 218 Å². The van der Waals surface area contributed by atoms with Gasteiger partial charge >= 0.3 is 0 Å². The molecule has 3 aromatic carbocycles. The van der Waals surface area contributed by atoms with Crippen molar-refractivity contribution in [3.05, 3.63) is 89.6 Å². The number of rotatable bonds is 8. The van der Waals surface area contributed by atoms with Crippen molar-refractivity contribution in [2.75, 3.05) is 45.3 Å². The van der Waals surface area contributed by atoms with E-state index >= 15 is 0 Å². The van der Waals surface area contributed by atoms with E-state index in [-0.39, 0.29) is 11.8 Å². The van der Waals surface area contributed by atoms with E-state index in [9.17, 15) is 4.79 Å². The van der Waals surface area contributed by atoms with Crippen molar-refractivity contribution in [3.63, 3.8) is 0 Å². The number of anilines is 1. The van der Waals surface area contributed by atoms with Crippen LogP contribution in [0.1, 0.15) is 36.0 Å². The molecule has 1 saturated heterocycles. The van der Waals surface area contributed by atoms with Crippen LogP contribution in [0, 0.1) is 0 Å². The molecule has 37 heavy (non-hydrogen) atoms. The van der Waals surface area contributed by atoms with Gasteiger partial charge in [0.1, 0.15) is 11.5 Å². The molecule has 0 radical (unpaired) electrons. The molecule has 6 heteroatoms. The highest BCUT2D eigenvalue weighted by atomic mass is 16.5. The first-order valence-corrected chi connectivity index (χ1v) is 13.0. The number of hydrogen-bond acceptors (Lipinski definition) is 4. The summed E-state index contributed by atoms with van der Waals surface area (Å²) in [5, 5.41) is 1.18. The Morgan fingerprint density at radius 2 is 1.73 bits per heavy atom. The van der Waals surface area contributed by atoms with E-state index in [0.29, 0.717) is 19.5 Å². The second-order valence-corrected chi connectivity index (χ2v) is 9.51. The van der Waals surface area contributed by atoms with Gasteiger partial charge < -0.3 is 24.3 Å². The minimum Gasteiger partial charge on any atom is -0.497 e. The third-order valence-corrected chi connectivity index (χ3v) is 7.52. The molecule has 6 nitrogen and oxygen atoms in total. The Balaban J connectivity index is 1.39. The SMILES string of the molecule is CCc1cccc2c([C@H](CC(=O)N3CCN(c4ccccc4OC)CC3)c3cccc(OC)c3)c[nH]c12. The lowest BCUT2D eigenvalue weighted by atomic mass is 9.87. The largest absolute Gasteiger partial charge is 0.497 e. The van der Waals surface area contributed by atoms with E-state index in [0.717, 1.165) is 53.3 Å². The maximum Gasteiger partial charge on any atom is 0.223 e. The summed E-state index contributed by atoms with van der Waals surface area (Å²) in [5.41, 5.74) is 5.76. The first-order valence-electron chi connectivity index (χ1n) is 13.0. The molecule has 1 aromatic heterocycles. The van der Waals surface area contributed by atoms with Crippen LogP contribution in [-0.4, -0.2) is 56.2 Å². The van der Waals surface area contributed by atoms with Gasteiger partial charge in [-0.3, -0.25) is 4.79 Å². The highest BCUT2D eigenvalue weighted by Gasteiger charge is 2.28. The third-order valence-electron chi connectivity index (χ3n) is 7.52. The van der Waals surface area contributed by atoms with Gasteiger partial charge in [0.25, 0.3) is 0 Å². The number of hydrogen-bond donors (Lipinski definition) is 1. The normalized spacial score (nSPS) is 14.6. The number of carbonyl (C=O) groups excluding carboxylic acids is 1. The molecule has 0 bridgehead atoms. The van der Waals surface area contributed by atoms with Gasteiger partial charge in [0.15, 0.2) is 0 Å². The van der Waals surface area contributed by atoms with Crippen LogP contribution < -0.4 is 14.4 Å². The molecule has 4 aromatic rings. The van der Waals surface area contributed by atoms with E-state index < -0.39 is 0 Å². The predicted molar refractivity (Wildman–Crippen MR) is 149 cm³/mol. The van der Waals surface area contributed by atoms with E-state index in [2.05, 4.69) is 59.4 Å². The number of ether oxygens (including phenoxy) is 2. The summed E-state index contributed by atoms with van der Waals surface area (Å²) in [6, 6.07) is 22.6. The van der Waals surface area contributed by atoms with Crippen LogP contribution in [0.25, 0.3) is 10.9 Å². The molecular weight excluding hydrogens is 462 g/mol. The van der Waals surface area contributed by atoms with Crippen molar-refractivity contribution >= 4 is 22.5 Å². The summed E-state index contributed by atoms with van der Waals surface area (Å²) >= 11 is 0. The monoisotopic (exact) mass is 497 g/mol. The number of H-pyrrole nitrogens is 1. The Kier molecular flexibility index (Phi) is 7.35. The molecule has 0 spiro atoms. The van der Waals surface area contributed by atoms with Crippen LogP contribution in [0.5, 0.6) is 11.5 Å². The lowest BCUT2D eigenvalue weighted by Gasteiger charge is -2.37. The smallest absolute Gasteiger partial charge is 0.223 e. The van der Waals surface area contributed by atoms with Crippen molar-refractivity contribution < 1.29 is 14.3 Å². The topological polar surface area (TPSA) is 57.8 Å². The molecule has 192 valence electrons. The molecule has 5 rings (SSSR count). The van der Waals surface area contributed by atoms with Gasteiger partial charge in [-0.05, 0) is 47.4 Å². The number of nitrogens with one attached hydrogen (secondary N) is 1. The number of amides is 1. The summed E-state index contributed by atoms with van der Waals surface area (Å²) in [6.07, 6.45) is 3.45. The number of benzene rings is 3. The number of methoxy groups -OCH3 is 2. The van der Waals surface area contributed by atoms with E-state index in [1.165, 1.54) is 10.9 Å². The predicted octanol–water partition coefficient (Wildman–Crippen LogP) is 5.62. The maximum atomic E-state index is 13.7. The number of carbonyl (C=O) groups is 1. The Morgan fingerprint density at radius 1 is 0.946 bits per heavy atom. The van der Waals surface area contributed by atoms with E-state index in [1.807, 2.05) is 35.2 Å². The molecule has 1 aliphatic rings. The number of aryl methyl sites for hydroxylation is 1. The minimum absolute atomic E-state index is 0.0734. The van der Waals surface area contributed by atoms with Crippen molar-refractivity contribution in [1.82, 2.24) is 9.88 Å². The van der Waals surface area contributed by atoms with E-state index in [1.54, 1.807) is 14.2 Å². The van der Waals surface area contributed by atoms with E-state index in [4.69, 9.17) is 9.47 Å². The van der Waals surface area contributed by atoms with Gasteiger partial charge in [-0.25, -0.2) is 0 Å². The van der Waals surface area contributed by atoms with Gasteiger partial charge in [-0.2, -0.15) is 0 Å². The Bertz CT molecular complexity index is 1370. The average Bonchev–Trinajstić information content (AvgIpc) is 3.40. The standard InChI is InChI=1S/C31H35N3O3/c1-4-22-9-8-12-25-27(21-32-31(22)25)26(23-10-7-11-24(19-23)36-2)20-30(35)34-17-15-33(16-18-34)28-13-5-6-14-29(28)37-3/h5-14,19,21,26,32H,4,15-18,20H2,1-3H3/t26-/m1/s1. The number of nitrogens with zero attached hydrogens (tertiary/aromatic N) is 2. The fourth-order valence-corrected chi connectivity index (χ4v) is 5.48. The average molecular weight is 498 g/mol. The van der Waals surface area contributed by atoms with Crippen LogP contribution in [0.2, 0.25) is 0 Å². The third kappa shape index (κ3) is 5.01. The van der Waals surface area contributed by atoms with Gasteiger partial charge in [0.05, 0.1) is 19.9 Å². The van der Waals surface area contributed by atoms with Gasteiger partial charge in [0, 0.05) is 55.6 Å². The highest BCUT2D eigenvalue weighted by Crippen LogP contribution is 2.36. The highest BCUT2D eigenvalue weighted by molar-refractivity contribution is 5.88. The molecule has 1 amide bonds. The second kappa shape index (κ2) is 11.0. The number of aromatic nitrogens is 1. The van der Waals surface area contributed by atoms with Gasteiger partial charge in [0.2, 0.25) is 5.91 Å². The molecule has 0 aliphatic carbocycles. The molecular formula is C31H35N3O3. The van der Waals surface area contributed by atoms with Crippen LogP contribution in [0.15, 0.2) is 72.9 Å². The summed E-state index contributed by atoms with van der Waals surface area (Å²) in [7, 11) is 3.38. The minimum atomic E-state index is -0.0734. The van der Waals surface area contributed by atoms with Gasteiger partial charge in [-0.1, -0.05) is 49.4 Å². The molecule has 1 atom stereocenters. The van der Waals surface area contributed by atoms with Crippen molar-refractivity contribution in [3.8, 4) is 11.5 Å². The van der Waals surface area contributed by atoms with Crippen LogP contribution in [-0.2, 0) is 11.2 Å². The lowest BCUT2D eigenvalue weighted by Crippen LogP contribution is -2.49. The molecule has 1 aliphatic heterocycles. The lowest BCUT2D eigenvalue weighted by molar-refractivity contribution is -0.131. The summed E-state index contributed by atoms with van der Waals surface area (Å²) in [6.45, 7) is 5.11. The van der Waals surface area contributed by atoms with Gasteiger partial charge in [-0.15, -0.1) is 0 Å². The maximum absolute atomic E-state index is 13.7. The summed E-state index contributed by atoms with van der Waals surface area (Å²) in [5.74, 6) is 1.77. The second-order valence-electron chi connectivity index (χ2n) is 9.51. The van der Waals surface area contributed by atoms with Crippen LogP contribution in [0.3, 0.4) is 0 Å². The first kappa shape index (κ1) is 24.8. The van der Waals surface area contributed by atoms with Crippen molar-refractivity contribution in [2.45, 2.75) is 25.7 Å².